The van der Waals surface area contributed by atoms with E-state index in [1.807, 2.05) is 18.2 Å². The molecule has 0 aliphatic carbocycles. The number of unbranched alkanes of at least 4 members (excludes halogenated alkanes) is 1. The van der Waals surface area contributed by atoms with Crippen LogP contribution in [0.3, 0.4) is 0 Å². The summed E-state index contributed by atoms with van der Waals surface area (Å²) in [4.78, 5) is 27.3. The lowest BCUT2D eigenvalue weighted by molar-refractivity contribution is 0.0372. The van der Waals surface area contributed by atoms with E-state index in [-0.39, 0.29) is 11.8 Å². The number of hydrogen-bond acceptors (Lipinski definition) is 4. The molecule has 2 N–H and O–H groups in total. The zero-order valence-electron chi connectivity index (χ0n) is 16.0. The minimum Gasteiger partial charge on any atom is -0.379 e. The summed E-state index contributed by atoms with van der Waals surface area (Å²) < 4.78 is 5.35. The molecule has 28 heavy (non-hydrogen) atoms. The highest BCUT2D eigenvalue weighted by Crippen LogP contribution is 2.16. The third-order valence-corrected chi connectivity index (χ3v) is 4.75. The van der Waals surface area contributed by atoms with E-state index in [1.54, 1.807) is 36.4 Å². The van der Waals surface area contributed by atoms with Crippen LogP contribution in [0.1, 0.15) is 33.6 Å². The van der Waals surface area contributed by atoms with Crippen molar-refractivity contribution < 1.29 is 14.3 Å². The number of nitrogens with zero attached hydrogens (tertiary/aromatic N) is 1. The van der Waals surface area contributed by atoms with Gasteiger partial charge in [-0.05, 0) is 43.7 Å². The van der Waals surface area contributed by atoms with Crippen LogP contribution in [0.25, 0.3) is 0 Å². The van der Waals surface area contributed by atoms with Gasteiger partial charge in [0, 0.05) is 25.2 Å². The molecular weight excluding hydrogens is 354 g/mol. The molecule has 0 unspecified atom stereocenters. The molecule has 1 heterocycles. The van der Waals surface area contributed by atoms with E-state index in [2.05, 4.69) is 15.5 Å². The molecule has 148 valence electrons. The van der Waals surface area contributed by atoms with Gasteiger partial charge in [0.1, 0.15) is 0 Å². The fraction of sp³-hybridized carbons (Fsp3) is 0.364. The molecule has 0 spiro atoms. The summed E-state index contributed by atoms with van der Waals surface area (Å²) in [7, 11) is 0. The van der Waals surface area contributed by atoms with Crippen LogP contribution in [-0.2, 0) is 4.74 Å². The molecule has 3 rings (SSSR count). The summed E-state index contributed by atoms with van der Waals surface area (Å²) in [5.74, 6) is -0.401. The second kappa shape index (κ2) is 10.6. The van der Waals surface area contributed by atoms with E-state index in [0.717, 1.165) is 45.7 Å². The predicted molar refractivity (Wildman–Crippen MR) is 110 cm³/mol. The van der Waals surface area contributed by atoms with Crippen molar-refractivity contribution in [1.29, 1.82) is 0 Å². The summed E-state index contributed by atoms with van der Waals surface area (Å²) in [6.07, 6.45) is 1.95. The Hall–Kier alpha value is -2.70. The first kappa shape index (κ1) is 20.0. The van der Waals surface area contributed by atoms with E-state index < -0.39 is 0 Å². The quantitative estimate of drug-likeness (QED) is 0.690. The number of nitrogens with one attached hydrogen (secondary N) is 2. The van der Waals surface area contributed by atoms with Gasteiger partial charge >= 0.3 is 0 Å². The number of para-hydroxylation sites is 1. The van der Waals surface area contributed by atoms with Gasteiger partial charge in [0.05, 0.1) is 24.5 Å². The Morgan fingerprint density at radius 2 is 1.61 bits per heavy atom. The highest BCUT2D eigenvalue weighted by Gasteiger charge is 2.14. The Labute approximate surface area is 165 Å². The number of carbonyl (C=O) groups excluding carboxylic acids is 2. The summed E-state index contributed by atoms with van der Waals surface area (Å²) in [6.45, 7) is 5.24. The Balaban J connectivity index is 1.47. The SMILES string of the molecule is O=C(Nc1ccccc1C(=O)NCCCCN1CCOCC1)c1ccccc1. The van der Waals surface area contributed by atoms with Crippen LogP contribution in [0.4, 0.5) is 5.69 Å². The van der Waals surface area contributed by atoms with Crippen LogP contribution in [-0.4, -0.2) is 56.1 Å². The molecule has 6 heteroatoms. The molecule has 2 aromatic carbocycles. The van der Waals surface area contributed by atoms with Gasteiger partial charge in [0.25, 0.3) is 11.8 Å². The second-order valence-corrected chi connectivity index (χ2v) is 6.78. The van der Waals surface area contributed by atoms with E-state index in [1.165, 1.54) is 0 Å². The third kappa shape index (κ3) is 5.90. The summed E-state index contributed by atoms with van der Waals surface area (Å²) in [5, 5.41) is 5.79. The largest absolute Gasteiger partial charge is 0.379 e. The summed E-state index contributed by atoms with van der Waals surface area (Å²) >= 11 is 0. The molecule has 1 fully saturated rings. The van der Waals surface area contributed by atoms with Gasteiger partial charge in [0.15, 0.2) is 0 Å². The summed E-state index contributed by atoms with van der Waals surface area (Å²) in [6, 6.07) is 16.0. The molecule has 1 saturated heterocycles. The molecule has 0 saturated carbocycles. The maximum atomic E-state index is 12.6. The first-order chi connectivity index (χ1) is 13.7. The average Bonchev–Trinajstić information content (AvgIpc) is 2.75. The van der Waals surface area contributed by atoms with Crippen LogP contribution in [0.5, 0.6) is 0 Å². The van der Waals surface area contributed by atoms with Gasteiger partial charge in [-0.15, -0.1) is 0 Å². The lowest BCUT2D eigenvalue weighted by atomic mass is 10.1. The number of morpholine rings is 1. The van der Waals surface area contributed by atoms with Crippen molar-refractivity contribution in [3.63, 3.8) is 0 Å². The van der Waals surface area contributed by atoms with Crippen LogP contribution in [0, 0.1) is 0 Å². The van der Waals surface area contributed by atoms with Gasteiger partial charge in [0.2, 0.25) is 0 Å². The van der Waals surface area contributed by atoms with Crippen molar-refractivity contribution in [1.82, 2.24) is 10.2 Å². The Kier molecular flexibility index (Phi) is 7.58. The maximum Gasteiger partial charge on any atom is 0.255 e. The normalized spacial score (nSPS) is 14.4. The zero-order valence-corrected chi connectivity index (χ0v) is 16.0. The van der Waals surface area contributed by atoms with Crippen molar-refractivity contribution >= 4 is 17.5 Å². The second-order valence-electron chi connectivity index (χ2n) is 6.78. The summed E-state index contributed by atoms with van der Waals surface area (Å²) in [5.41, 5.74) is 1.54. The standard InChI is InChI=1S/C22H27N3O3/c26-21(18-8-2-1-3-9-18)24-20-11-5-4-10-19(20)22(27)23-12-6-7-13-25-14-16-28-17-15-25/h1-5,8-11H,6-7,12-17H2,(H,23,27)(H,24,26). The predicted octanol–water partition coefficient (Wildman–Crippen LogP) is 2.78. The molecule has 1 aliphatic heterocycles. The maximum absolute atomic E-state index is 12.6. The first-order valence-corrected chi connectivity index (χ1v) is 9.78. The van der Waals surface area contributed by atoms with E-state index in [0.29, 0.717) is 23.4 Å². The van der Waals surface area contributed by atoms with Crippen molar-refractivity contribution in [3.8, 4) is 0 Å². The smallest absolute Gasteiger partial charge is 0.255 e. The Bertz CT molecular complexity index is 774. The molecule has 2 aromatic rings. The lowest BCUT2D eigenvalue weighted by Crippen LogP contribution is -2.37. The van der Waals surface area contributed by atoms with Crippen LogP contribution in [0.15, 0.2) is 54.6 Å². The van der Waals surface area contributed by atoms with Crippen molar-refractivity contribution in [3.05, 3.63) is 65.7 Å². The Morgan fingerprint density at radius 1 is 0.893 bits per heavy atom. The number of ether oxygens (including phenoxy) is 1. The van der Waals surface area contributed by atoms with Crippen LogP contribution < -0.4 is 10.6 Å². The monoisotopic (exact) mass is 381 g/mol. The molecule has 0 aromatic heterocycles. The number of anilines is 1. The molecular formula is C22H27N3O3. The van der Waals surface area contributed by atoms with Gasteiger partial charge in [-0.2, -0.15) is 0 Å². The number of amides is 2. The van der Waals surface area contributed by atoms with Crippen LogP contribution in [0.2, 0.25) is 0 Å². The molecule has 1 aliphatic rings. The lowest BCUT2D eigenvalue weighted by Gasteiger charge is -2.26. The molecule has 0 atom stereocenters. The van der Waals surface area contributed by atoms with E-state index in [4.69, 9.17) is 4.74 Å². The number of benzene rings is 2. The van der Waals surface area contributed by atoms with Gasteiger partial charge in [-0.1, -0.05) is 30.3 Å². The zero-order chi connectivity index (χ0) is 19.6. The van der Waals surface area contributed by atoms with Crippen molar-refractivity contribution in [2.24, 2.45) is 0 Å². The highest BCUT2D eigenvalue weighted by atomic mass is 16.5. The first-order valence-electron chi connectivity index (χ1n) is 9.78. The van der Waals surface area contributed by atoms with E-state index in [9.17, 15) is 9.59 Å². The van der Waals surface area contributed by atoms with Gasteiger partial charge < -0.3 is 15.4 Å². The van der Waals surface area contributed by atoms with Crippen LogP contribution >= 0.6 is 0 Å². The molecule has 0 bridgehead atoms. The minimum atomic E-state index is -0.230. The number of rotatable bonds is 8. The fourth-order valence-electron chi connectivity index (χ4n) is 3.16. The highest BCUT2D eigenvalue weighted by molar-refractivity contribution is 6.08. The van der Waals surface area contributed by atoms with Crippen molar-refractivity contribution in [2.75, 3.05) is 44.7 Å². The number of carbonyl (C=O) groups is 2. The third-order valence-electron chi connectivity index (χ3n) is 4.75. The molecule has 0 radical (unpaired) electrons. The topological polar surface area (TPSA) is 70.7 Å². The van der Waals surface area contributed by atoms with E-state index >= 15 is 0 Å². The van der Waals surface area contributed by atoms with Gasteiger partial charge in [-0.25, -0.2) is 0 Å². The minimum absolute atomic E-state index is 0.171. The molecule has 2 amide bonds. The van der Waals surface area contributed by atoms with Gasteiger partial charge in [-0.3, -0.25) is 14.5 Å². The number of hydrogen-bond donors (Lipinski definition) is 2. The Morgan fingerprint density at radius 3 is 2.39 bits per heavy atom. The molecule has 6 nitrogen and oxygen atoms in total. The fourth-order valence-corrected chi connectivity index (χ4v) is 3.16. The van der Waals surface area contributed by atoms with Crippen molar-refractivity contribution in [2.45, 2.75) is 12.8 Å². The average molecular weight is 381 g/mol.